The normalized spacial score (nSPS) is 16.1. The average molecular weight is 530 g/mol. The monoisotopic (exact) mass is 529 g/mol. The number of carbonyl (C=O) groups excluding carboxylic acids is 2. The number of Topliss-reactive ketones (excluding diaryl/α,β-unsaturated/α-hetero) is 1. The molecule has 5 rings (SSSR count). The average Bonchev–Trinajstić information content (AvgIpc) is 3.19. The molecule has 2 aliphatic rings. The highest BCUT2D eigenvalue weighted by Crippen LogP contribution is 2.49. The number of esters is 1. The largest absolute Gasteiger partial charge is 0.490 e. The molecule has 0 unspecified atom stereocenters. The van der Waals surface area contributed by atoms with Crippen molar-refractivity contribution in [3.05, 3.63) is 111 Å². The molecule has 1 aliphatic carbocycles. The van der Waals surface area contributed by atoms with Crippen molar-refractivity contribution in [1.82, 2.24) is 5.32 Å². The van der Waals surface area contributed by atoms with Gasteiger partial charge in [0.2, 0.25) is 0 Å². The molecular weight excluding hydrogens is 502 g/mol. The van der Waals surface area contributed by atoms with Crippen LogP contribution in [0.5, 0.6) is 11.5 Å². The van der Waals surface area contributed by atoms with Crippen LogP contribution in [0.1, 0.15) is 53.7 Å². The topological polar surface area (TPSA) is 73.9 Å². The zero-order valence-electron chi connectivity index (χ0n) is 21.5. The molecule has 0 spiro atoms. The number of benzene rings is 3. The Labute approximate surface area is 226 Å². The van der Waals surface area contributed by atoms with Crippen molar-refractivity contribution >= 4 is 29.1 Å². The number of hydrogen-bond donors (Lipinski definition) is 1. The van der Waals surface area contributed by atoms with Gasteiger partial charge in [-0.05, 0) is 44.0 Å². The summed E-state index contributed by atoms with van der Waals surface area (Å²) in [6.45, 7) is 6.34. The fraction of sp³-hybridized carbons (Fsp3) is 0.226. The quantitative estimate of drug-likeness (QED) is 0.338. The molecule has 3 aromatic carbocycles. The molecule has 1 atom stereocenters. The Morgan fingerprint density at radius 3 is 2.37 bits per heavy atom. The van der Waals surface area contributed by atoms with Crippen molar-refractivity contribution < 1.29 is 23.8 Å². The van der Waals surface area contributed by atoms with Gasteiger partial charge in [0.25, 0.3) is 0 Å². The van der Waals surface area contributed by atoms with E-state index in [1.165, 1.54) is 0 Å². The van der Waals surface area contributed by atoms with Crippen LogP contribution >= 0.6 is 11.6 Å². The van der Waals surface area contributed by atoms with E-state index in [1.807, 2.05) is 62.4 Å². The number of nitrogens with one attached hydrogen (secondary N) is 1. The number of dihydropyridines is 1. The minimum atomic E-state index is -0.704. The SMILES string of the molecule is CCOC(=O)C1=C(C)NC2=C(C(=O)c3ccccc32)[C@@H]1c1cc(Cl)c(OCc2ccccc2)c(OCC)c1. The Bertz CT molecular complexity index is 1470. The second kappa shape index (κ2) is 10.8. The third kappa shape index (κ3) is 4.56. The van der Waals surface area contributed by atoms with E-state index in [1.54, 1.807) is 25.1 Å². The van der Waals surface area contributed by atoms with E-state index in [-0.39, 0.29) is 12.4 Å². The Kier molecular flexibility index (Phi) is 7.25. The zero-order chi connectivity index (χ0) is 26.8. The predicted molar refractivity (Wildman–Crippen MR) is 146 cm³/mol. The van der Waals surface area contributed by atoms with Gasteiger partial charge in [-0.2, -0.15) is 0 Å². The smallest absolute Gasteiger partial charge is 0.336 e. The molecule has 1 aliphatic heterocycles. The molecule has 1 N–H and O–H groups in total. The molecule has 0 aromatic heterocycles. The number of rotatable bonds is 8. The molecule has 0 fully saturated rings. The minimum absolute atomic E-state index is 0.138. The number of ketones is 1. The fourth-order valence-corrected chi connectivity index (χ4v) is 5.30. The van der Waals surface area contributed by atoms with E-state index in [2.05, 4.69) is 5.32 Å². The maximum Gasteiger partial charge on any atom is 0.336 e. The van der Waals surface area contributed by atoms with Crippen molar-refractivity contribution in [3.63, 3.8) is 0 Å². The molecule has 1 heterocycles. The molecule has 0 saturated carbocycles. The van der Waals surface area contributed by atoms with E-state index >= 15 is 0 Å². The van der Waals surface area contributed by atoms with Crippen LogP contribution in [0.25, 0.3) is 5.70 Å². The first-order valence-corrected chi connectivity index (χ1v) is 13.0. The van der Waals surface area contributed by atoms with Gasteiger partial charge in [0.1, 0.15) is 6.61 Å². The molecule has 0 radical (unpaired) electrons. The number of allylic oxidation sites excluding steroid dienone is 2. The van der Waals surface area contributed by atoms with E-state index in [4.69, 9.17) is 25.8 Å². The Morgan fingerprint density at radius 1 is 0.947 bits per heavy atom. The van der Waals surface area contributed by atoms with Crippen LogP contribution in [0.4, 0.5) is 0 Å². The van der Waals surface area contributed by atoms with Gasteiger partial charge in [0, 0.05) is 28.3 Å². The molecule has 0 saturated heterocycles. The van der Waals surface area contributed by atoms with Crippen molar-refractivity contribution in [2.45, 2.75) is 33.3 Å². The summed E-state index contributed by atoms with van der Waals surface area (Å²) >= 11 is 6.80. The lowest BCUT2D eigenvalue weighted by Crippen LogP contribution is -2.29. The van der Waals surface area contributed by atoms with Gasteiger partial charge in [-0.1, -0.05) is 66.2 Å². The molecular formula is C31H28ClNO5. The predicted octanol–water partition coefficient (Wildman–Crippen LogP) is 6.45. The van der Waals surface area contributed by atoms with Crippen molar-refractivity contribution in [2.75, 3.05) is 13.2 Å². The Balaban J connectivity index is 1.63. The lowest BCUT2D eigenvalue weighted by atomic mass is 9.79. The van der Waals surface area contributed by atoms with Gasteiger partial charge < -0.3 is 19.5 Å². The van der Waals surface area contributed by atoms with Gasteiger partial charge in [-0.25, -0.2) is 4.79 Å². The third-order valence-corrected chi connectivity index (χ3v) is 6.92. The van der Waals surface area contributed by atoms with Crippen LogP contribution in [-0.4, -0.2) is 25.0 Å². The summed E-state index contributed by atoms with van der Waals surface area (Å²) in [7, 11) is 0. The molecule has 7 heteroatoms. The summed E-state index contributed by atoms with van der Waals surface area (Å²) < 4.78 is 17.5. The highest BCUT2D eigenvalue weighted by Gasteiger charge is 2.43. The summed E-state index contributed by atoms with van der Waals surface area (Å²) in [5, 5.41) is 3.63. The van der Waals surface area contributed by atoms with Crippen LogP contribution in [0, 0.1) is 0 Å². The molecule has 38 heavy (non-hydrogen) atoms. The van der Waals surface area contributed by atoms with Crippen molar-refractivity contribution in [2.24, 2.45) is 0 Å². The molecule has 0 amide bonds. The first-order chi connectivity index (χ1) is 18.4. The summed E-state index contributed by atoms with van der Waals surface area (Å²) in [6, 6.07) is 20.7. The molecule has 3 aromatic rings. The Morgan fingerprint density at radius 2 is 1.66 bits per heavy atom. The number of halogens is 1. The van der Waals surface area contributed by atoms with Gasteiger partial charge in [0.05, 0.1) is 29.5 Å². The number of ether oxygens (including phenoxy) is 3. The van der Waals surface area contributed by atoms with Crippen molar-refractivity contribution in [1.29, 1.82) is 0 Å². The highest BCUT2D eigenvalue weighted by atomic mass is 35.5. The molecule has 194 valence electrons. The maximum atomic E-state index is 13.7. The minimum Gasteiger partial charge on any atom is -0.490 e. The third-order valence-electron chi connectivity index (χ3n) is 6.64. The highest BCUT2D eigenvalue weighted by molar-refractivity contribution is 6.32. The second-order valence-corrected chi connectivity index (χ2v) is 9.43. The number of fused-ring (bicyclic) bond motifs is 2. The van der Waals surface area contributed by atoms with Gasteiger partial charge >= 0.3 is 5.97 Å². The van der Waals surface area contributed by atoms with Gasteiger partial charge in [-0.3, -0.25) is 4.79 Å². The van der Waals surface area contributed by atoms with Crippen LogP contribution in [0.3, 0.4) is 0 Å². The van der Waals surface area contributed by atoms with Crippen LogP contribution in [0.15, 0.2) is 83.6 Å². The van der Waals surface area contributed by atoms with E-state index in [0.717, 1.165) is 11.1 Å². The standard InChI is InChI=1S/C31H28ClNO5/c1-4-36-24-16-20(15-23(32)30(24)38-17-19-11-7-6-8-12-19)26-25(31(35)37-5-2)18(3)33-28-21-13-9-10-14-22(21)29(34)27(26)28/h6-16,26,33H,4-5,17H2,1-3H3/t26-/m1/s1. The van der Waals surface area contributed by atoms with E-state index in [9.17, 15) is 9.59 Å². The van der Waals surface area contributed by atoms with Crippen LogP contribution in [0.2, 0.25) is 5.02 Å². The molecule has 0 bridgehead atoms. The summed E-state index contributed by atoms with van der Waals surface area (Å²) in [6.07, 6.45) is 0. The maximum absolute atomic E-state index is 13.7. The number of carbonyl (C=O) groups is 2. The first kappa shape index (κ1) is 25.6. The van der Waals surface area contributed by atoms with Crippen LogP contribution < -0.4 is 14.8 Å². The van der Waals surface area contributed by atoms with Crippen molar-refractivity contribution in [3.8, 4) is 11.5 Å². The summed E-state index contributed by atoms with van der Waals surface area (Å²) in [5.41, 5.74) is 5.18. The first-order valence-electron chi connectivity index (χ1n) is 12.6. The fourth-order valence-electron chi connectivity index (χ4n) is 5.03. The Hall–Kier alpha value is -4.03. The summed E-state index contributed by atoms with van der Waals surface area (Å²) in [5.74, 6) is -0.485. The van der Waals surface area contributed by atoms with Gasteiger partial charge in [-0.15, -0.1) is 0 Å². The molecule has 6 nitrogen and oxygen atoms in total. The zero-order valence-corrected chi connectivity index (χ0v) is 22.2. The number of hydrogen-bond acceptors (Lipinski definition) is 6. The lowest BCUT2D eigenvalue weighted by molar-refractivity contribution is -0.138. The second-order valence-electron chi connectivity index (χ2n) is 9.02. The van der Waals surface area contributed by atoms with E-state index in [0.29, 0.717) is 63.4 Å². The van der Waals surface area contributed by atoms with E-state index < -0.39 is 11.9 Å². The summed E-state index contributed by atoms with van der Waals surface area (Å²) in [4.78, 5) is 26.9. The van der Waals surface area contributed by atoms with Crippen LogP contribution in [-0.2, 0) is 16.1 Å². The van der Waals surface area contributed by atoms with Gasteiger partial charge in [0.15, 0.2) is 17.3 Å². The lowest BCUT2D eigenvalue weighted by Gasteiger charge is -2.30.